The van der Waals surface area contributed by atoms with Crippen LogP contribution in [0.4, 0.5) is 13.2 Å². The lowest BCUT2D eigenvalue weighted by Gasteiger charge is -2.40. The molecule has 0 radical (unpaired) electrons. The van der Waals surface area contributed by atoms with Crippen molar-refractivity contribution in [2.45, 2.75) is 76.9 Å². The molecule has 1 rings (SSSR count). The standard InChI is InChI=1S/C16H31F3N2/c1-3-6-14-7-4-11-21(12-8-14)15(2,13-20)9-5-10-16(17,18)19/h14H,3-13,20H2,1-2H3. The van der Waals surface area contributed by atoms with Gasteiger partial charge in [0, 0.05) is 18.5 Å². The van der Waals surface area contributed by atoms with Crippen LogP contribution in [0.5, 0.6) is 0 Å². The summed E-state index contributed by atoms with van der Waals surface area (Å²) < 4.78 is 37.0. The van der Waals surface area contributed by atoms with Crippen molar-refractivity contribution in [2.75, 3.05) is 19.6 Å². The predicted octanol–water partition coefficient (Wildman–Crippen LogP) is 4.34. The van der Waals surface area contributed by atoms with E-state index in [0.29, 0.717) is 13.0 Å². The lowest BCUT2D eigenvalue weighted by Crippen LogP contribution is -2.52. The summed E-state index contributed by atoms with van der Waals surface area (Å²) in [5.74, 6) is 0.775. The summed E-state index contributed by atoms with van der Waals surface area (Å²) in [6.07, 6.45) is 1.96. The van der Waals surface area contributed by atoms with E-state index in [4.69, 9.17) is 5.73 Å². The molecule has 0 bridgehead atoms. The fourth-order valence-corrected chi connectivity index (χ4v) is 3.46. The zero-order valence-electron chi connectivity index (χ0n) is 13.5. The predicted molar refractivity (Wildman–Crippen MR) is 81.2 cm³/mol. The fourth-order valence-electron chi connectivity index (χ4n) is 3.46. The molecular formula is C16H31F3N2. The molecule has 1 heterocycles. The molecule has 0 aliphatic carbocycles. The first-order valence-electron chi connectivity index (χ1n) is 8.32. The third kappa shape index (κ3) is 6.55. The second kappa shape index (κ2) is 8.37. The van der Waals surface area contributed by atoms with E-state index < -0.39 is 12.6 Å². The van der Waals surface area contributed by atoms with Gasteiger partial charge < -0.3 is 5.73 Å². The molecule has 1 fully saturated rings. The molecule has 1 aliphatic rings. The normalized spacial score (nSPS) is 24.6. The summed E-state index contributed by atoms with van der Waals surface area (Å²) in [5.41, 5.74) is 5.62. The Labute approximate surface area is 127 Å². The van der Waals surface area contributed by atoms with E-state index in [1.54, 1.807) is 0 Å². The molecule has 2 unspecified atom stereocenters. The SMILES string of the molecule is CCCC1CCCN(C(C)(CN)CCCC(F)(F)F)CC1. The van der Waals surface area contributed by atoms with Crippen LogP contribution in [-0.2, 0) is 0 Å². The van der Waals surface area contributed by atoms with Gasteiger partial charge in [-0.25, -0.2) is 0 Å². The monoisotopic (exact) mass is 308 g/mol. The lowest BCUT2D eigenvalue weighted by molar-refractivity contribution is -0.136. The summed E-state index contributed by atoms with van der Waals surface area (Å²) in [5, 5.41) is 0. The van der Waals surface area contributed by atoms with Gasteiger partial charge in [-0.05, 0) is 58.0 Å². The van der Waals surface area contributed by atoms with Crippen molar-refractivity contribution in [3.8, 4) is 0 Å². The quantitative estimate of drug-likeness (QED) is 0.758. The highest BCUT2D eigenvalue weighted by Gasteiger charge is 2.34. The molecule has 0 saturated carbocycles. The molecule has 2 atom stereocenters. The highest BCUT2D eigenvalue weighted by atomic mass is 19.4. The Morgan fingerprint density at radius 2 is 1.86 bits per heavy atom. The Morgan fingerprint density at radius 1 is 1.14 bits per heavy atom. The maximum atomic E-state index is 12.3. The van der Waals surface area contributed by atoms with Crippen LogP contribution < -0.4 is 5.73 Å². The molecule has 5 heteroatoms. The van der Waals surface area contributed by atoms with Crippen LogP contribution in [0.25, 0.3) is 0 Å². The summed E-state index contributed by atoms with van der Waals surface area (Å²) in [7, 11) is 0. The number of halogens is 3. The molecule has 21 heavy (non-hydrogen) atoms. The van der Waals surface area contributed by atoms with Gasteiger partial charge in [-0.1, -0.05) is 19.8 Å². The van der Waals surface area contributed by atoms with Crippen LogP contribution >= 0.6 is 0 Å². The first-order valence-corrected chi connectivity index (χ1v) is 8.32. The minimum atomic E-state index is -4.06. The number of nitrogens with zero attached hydrogens (tertiary/aromatic N) is 1. The van der Waals surface area contributed by atoms with E-state index in [0.717, 1.165) is 31.8 Å². The summed E-state index contributed by atoms with van der Waals surface area (Å²) in [6.45, 7) is 6.63. The van der Waals surface area contributed by atoms with Crippen molar-refractivity contribution in [2.24, 2.45) is 11.7 Å². The number of hydrogen-bond donors (Lipinski definition) is 1. The zero-order chi connectivity index (χ0) is 15.9. The van der Waals surface area contributed by atoms with Gasteiger partial charge in [-0.15, -0.1) is 0 Å². The van der Waals surface area contributed by atoms with E-state index in [2.05, 4.69) is 11.8 Å². The third-order valence-electron chi connectivity index (χ3n) is 4.92. The number of alkyl halides is 3. The topological polar surface area (TPSA) is 29.3 Å². The van der Waals surface area contributed by atoms with E-state index in [9.17, 15) is 13.2 Å². The first-order chi connectivity index (χ1) is 9.80. The Balaban J connectivity index is 2.52. The molecule has 0 aromatic carbocycles. The Hall–Kier alpha value is -0.290. The second-order valence-electron chi connectivity index (χ2n) is 6.74. The molecule has 0 aromatic rings. The van der Waals surface area contributed by atoms with Gasteiger partial charge in [-0.2, -0.15) is 13.2 Å². The molecule has 2 nitrogen and oxygen atoms in total. The number of nitrogens with two attached hydrogens (primary N) is 1. The Kier molecular flexibility index (Phi) is 7.48. The van der Waals surface area contributed by atoms with Crippen molar-refractivity contribution in [1.82, 2.24) is 4.90 Å². The van der Waals surface area contributed by atoms with Crippen LogP contribution in [0.3, 0.4) is 0 Å². The average Bonchev–Trinajstić information content (AvgIpc) is 2.63. The number of rotatable bonds is 7. The van der Waals surface area contributed by atoms with Crippen LogP contribution in [0.15, 0.2) is 0 Å². The van der Waals surface area contributed by atoms with Crippen molar-refractivity contribution in [3.05, 3.63) is 0 Å². The summed E-state index contributed by atoms with van der Waals surface area (Å²) in [6, 6.07) is 0. The Bertz CT molecular complexity index is 294. The summed E-state index contributed by atoms with van der Waals surface area (Å²) in [4.78, 5) is 2.35. The second-order valence-corrected chi connectivity index (χ2v) is 6.74. The van der Waals surface area contributed by atoms with Crippen molar-refractivity contribution in [3.63, 3.8) is 0 Å². The lowest BCUT2D eigenvalue weighted by atomic mass is 9.92. The van der Waals surface area contributed by atoms with E-state index >= 15 is 0 Å². The van der Waals surface area contributed by atoms with Crippen molar-refractivity contribution in [1.29, 1.82) is 0 Å². The van der Waals surface area contributed by atoms with Crippen molar-refractivity contribution >= 4 is 0 Å². The molecule has 1 aliphatic heterocycles. The highest BCUT2D eigenvalue weighted by molar-refractivity contribution is 4.89. The van der Waals surface area contributed by atoms with Gasteiger partial charge in [0.05, 0.1) is 0 Å². The van der Waals surface area contributed by atoms with Crippen LogP contribution in [0.1, 0.15) is 65.2 Å². The summed E-state index contributed by atoms with van der Waals surface area (Å²) >= 11 is 0. The molecule has 0 aromatic heterocycles. The van der Waals surface area contributed by atoms with E-state index in [1.807, 2.05) is 6.92 Å². The van der Waals surface area contributed by atoms with Gasteiger partial charge >= 0.3 is 6.18 Å². The van der Waals surface area contributed by atoms with Gasteiger partial charge in [-0.3, -0.25) is 4.90 Å². The van der Waals surface area contributed by atoms with Gasteiger partial charge in [0.2, 0.25) is 0 Å². The maximum Gasteiger partial charge on any atom is 0.389 e. The van der Waals surface area contributed by atoms with Crippen molar-refractivity contribution < 1.29 is 13.2 Å². The number of likely N-dealkylation sites (tertiary alicyclic amines) is 1. The molecular weight excluding hydrogens is 277 g/mol. The van der Waals surface area contributed by atoms with Crippen LogP contribution in [-0.4, -0.2) is 36.2 Å². The van der Waals surface area contributed by atoms with E-state index in [1.165, 1.54) is 19.3 Å². The average molecular weight is 308 g/mol. The van der Waals surface area contributed by atoms with Gasteiger partial charge in [0.1, 0.15) is 0 Å². The van der Waals surface area contributed by atoms with E-state index in [-0.39, 0.29) is 12.0 Å². The minimum Gasteiger partial charge on any atom is -0.329 e. The molecule has 126 valence electrons. The Morgan fingerprint density at radius 3 is 2.43 bits per heavy atom. The van der Waals surface area contributed by atoms with Gasteiger partial charge in [0.25, 0.3) is 0 Å². The first kappa shape index (κ1) is 18.8. The molecule has 2 N–H and O–H groups in total. The third-order valence-corrected chi connectivity index (χ3v) is 4.92. The minimum absolute atomic E-state index is 0.173. The van der Waals surface area contributed by atoms with Crippen LogP contribution in [0, 0.1) is 5.92 Å². The van der Waals surface area contributed by atoms with Gasteiger partial charge in [0.15, 0.2) is 0 Å². The molecule has 1 saturated heterocycles. The molecule has 0 spiro atoms. The number of hydrogen-bond acceptors (Lipinski definition) is 2. The highest BCUT2D eigenvalue weighted by Crippen LogP contribution is 2.30. The smallest absolute Gasteiger partial charge is 0.329 e. The zero-order valence-corrected chi connectivity index (χ0v) is 13.5. The van der Waals surface area contributed by atoms with Crippen LogP contribution in [0.2, 0.25) is 0 Å². The maximum absolute atomic E-state index is 12.3. The largest absolute Gasteiger partial charge is 0.389 e. The fraction of sp³-hybridized carbons (Fsp3) is 1.00. The molecule has 0 amide bonds.